The minimum atomic E-state index is -0.296. The molecule has 11 nitrogen and oxygen atoms in total. The average Bonchev–Trinajstić information content (AvgIpc) is 3.78. The van der Waals surface area contributed by atoms with Crippen molar-refractivity contribution < 1.29 is 23.8 Å². The Morgan fingerprint density at radius 2 is 1.50 bits per heavy atom. The molecule has 0 aliphatic carbocycles. The maximum atomic E-state index is 13.9. The average molecular weight is 663 g/mol. The lowest BCUT2D eigenvalue weighted by molar-refractivity contribution is -0.130. The fourth-order valence-electron chi connectivity index (χ4n) is 5.35. The molecular weight excluding hydrogens is 629 g/mol. The lowest BCUT2D eigenvalue weighted by atomic mass is 9.98. The minimum Gasteiger partial charge on any atom is -0.497 e. The Morgan fingerprint density at radius 1 is 0.812 bits per heavy atom. The van der Waals surface area contributed by atoms with Crippen LogP contribution >= 0.6 is 11.8 Å². The van der Waals surface area contributed by atoms with E-state index in [9.17, 15) is 9.59 Å². The molecule has 1 aliphatic heterocycles. The van der Waals surface area contributed by atoms with E-state index in [0.29, 0.717) is 28.7 Å². The van der Waals surface area contributed by atoms with Gasteiger partial charge in [-0.3, -0.25) is 14.2 Å². The van der Waals surface area contributed by atoms with Crippen LogP contribution in [0.15, 0.2) is 113 Å². The second-order valence-corrected chi connectivity index (χ2v) is 11.7. The summed E-state index contributed by atoms with van der Waals surface area (Å²) in [6, 6.07) is 31.6. The predicted molar refractivity (Wildman–Crippen MR) is 183 cm³/mol. The van der Waals surface area contributed by atoms with Crippen LogP contribution in [0.25, 0.3) is 5.69 Å². The van der Waals surface area contributed by atoms with Gasteiger partial charge in [0.15, 0.2) is 11.0 Å². The van der Waals surface area contributed by atoms with Gasteiger partial charge in [0.25, 0.3) is 11.8 Å². The van der Waals surface area contributed by atoms with Gasteiger partial charge in [-0.25, -0.2) is 5.01 Å². The first-order valence-corrected chi connectivity index (χ1v) is 16.2. The Bertz CT molecular complexity index is 1910. The molecule has 1 N–H and O–H groups in total. The lowest BCUT2D eigenvalue weighted by Gasteiger charge is -2.22. The highest BCUT2D eigenvalue weighted by Crippen LogP contribution is 2.35. The third-order valence-electron chi connectivity index (χ3n) is 7.87. The number of hydrogen-bond donors (Lipinski definition) is 1. The molecule has 0 saturated heterocycles. The summed E-state index contributed by atoms with van der Waals surface area (Å²) in [4.78, 5) is 26.9. The molecule has 12 heteroatoms. The highest BCUT2D eigenvalue weighted by molar-refractivity contribution is 7.99. The highest BCUT2D eigenvalue weighted by atomic mass is 32.2. The van der Waals surface area contributed by atoms with Crippen LogP contribution in [0.3, 0.4) is 0 Å². The summed E-state index contributed by atoms with van der Waals surface area (Å²) in [6.07, 6.45) is 0.548. The van der Waals surface area contributed by atoms with E-state index in [-0.39, 0.29) is 30.2 Å². The fraction of sp³-hybridized carbons (Fsp3) is 0.194. The van der Waals surface area contributed by atoms with Crippen LogP contribution in [-0.2, 0) is 11.3 Å². The van der Waals surface area contributed by atoms with E-state index in [1.165, 1.54) is 11.8 Å². The number of para-hydroxylation sites is 1. The topological polar surface area (TPSA) is 120 Å². The van der Waals surface area contributed by atoms with Crippen molar-refractivity contribution in [2.45, 2.75) is 24.2 Å². The summed E-state index contributed by atoms with van der Waals surface area (Å²) in [7, 11) is 4.80. The van der Waals surface area contributed by atoms with E-state index < -0.39 is 0 Å². The summed E-state index contributed by atoms with van der Waals surface area (Å²) in [5.74, 6) is 2.19. The maximum Gasteiger partial charge on any atom is 0.253 e. The molecule has 2 heterocycles. The van der Waals surface area contributed by atoms with Crippen LogP contribution in [0.5, 0.6) is 17.2 Å². The molecule has 0 bridgehead atoms. The van der Waals surface area contributed by atoms with E-state index in [0.717, 1.165) is 34.0 Å². The SMILES string of the molecule is COc1ccc(C2=NN(C(=O)CSc3nnc(CNC(=O)c4cccc(OC)c4)n3-c3ccccc3)[C@H](c3ccc(OC)cc3)C2)cc1. The van der Waals surface area contributed by atoms with Gasteiger partial charge in [-0.2, -0.15) is 5.10 Å². The quantitative estimate of drug-likeness (QED) is 0.169. The van der Waals surface area contributed by atoms with Gasteiger partial charge in [-0.1, -0.05) is 48.2 Å². The zero-order chi connectivity index (χ0) is 33.5. The summed E-state index contributed by atoms with van der Waals surface area (Å²) in [5, 5.41) is 18.6. The molecule has 2 amide bonds. The van der Waals surface area contributed by atoms with Crippen molar-refractivity contribution in [2.75, 3.05) is 27.1 Å². The number of carbonyl (C=O) groups is 2. The molecule has 1 atom stereocenters. The van der Waals surface area contributed by atoms with Crippen molar-refractivity contribution in [1.82, 2.24) is 25.1 Å². The molecule has 0 spiro atoms. The number of rotatable bonds is 12. The molecule has 5 aromatic rings. The normalized spacial score (nSPS) is 13.9. The van der Waals surface area contributed by atoms with Gasteiger partial charge in [-0.05, 0) is 77.9 Å². The summed E-state index contributed by atoms with van der Waals surface area (Å²) in [6.45, 7) is 0.119. The number of ether oxygens (including phenoxy) is 3. The third-order valence-corrected chi connectivity index (χ3v) is 8.78. The van der Waals surface area contributed by atoms with Crippen LogP contribution < -0.4 is 19.5 Å². The lowest BCUT2D eigenvalue weighted by Crippen LogP contribution is -2.28. The van der Waals surface area contributed by atoms with Crippen molar-refractivity contribution in [3.05, 3.63) is 126 Å². The zero-order valence-corrected chi connectivity index (χ0v) is 27.5. The van der Waals surface area contributed by atoms with Crippen LogP contribution in [0, 0.1) is 0 Å². The summed E-state index contributed by atoms with van der Waals surface area (Å²) < 4.78 is 17.8. The Kier molecular flexibility index (Phi) is 10.0. The first kappa shape index (κ1) is 32.3. The van der Waals surface area contributed by atoms with Crippen LogP contribution in [-0.4, -0.2) is 64.4 Å². The van der Waals surface area contributed by atoms with Crippen LogP contribution in [0.4, 0.5) is 0 Å². The molecule has 0 fully saturated rings. The molecule has 6 rings (SSSR count). The molecule has 0 saturated carbocycles. The second-order valence-electron chi connectivity index (χ2n) is 10.8. The van der Waals surface area contributed by atoms with Crippen molar-refractivity contribution in [3.8, 4) is 22.9 Å². The first-order valence-electron chi connectivity index (χ1n) is 15.2. The van der Waals surface area contributed by atoms with Gasteiger partial charge in [0.2, 0.25) is 0 Å². The van der Waals surface area contributed by atoms with Gasteiger partial charge in [0.1, 0.15) is 17.2 Å². The van der Waals surface area contributed by atoms with E-state index in [2.05, 4.69) is 15.5 Å². The Hall–Kier alpha value is -5.62. The molecule has 244 valence electrons. The number of hydrazone groups is 1. The van der Waals surface area contributed by atoms with Crippen molar-refractivity contribution in [1.29, 1.82) is 0 Å². The Balaban J connectivity index is 1.23. The van der Waals surface area contributed by atoms with Crippen molar-refractivity contribution >= 4 is 29.3 Å². The van der Waals surface area contributed by atoms with Crippen molar-refractivity contribution in [3.63, 3.8) is 0 Å². The van der Waals surface area contributed by atoms with Crippen LogP contribution in [0.1, 0.15) is 39.8 Å². The number of hydrogen-bond acceptors (Lipinski definition) is 9. The van der Waals surface area contributed by atoms with Gasteiger partial charge in [0.05, 0.1) is 45.4 Å². The number of benzene rings is 4. The number of aromatic nitrogens is 3. The zero-order valence-electron chi connectivity index (χ0n) is 26.7. The molecular formula is C36H34N6O5S. The number of thioether (sulfide) groups is 1. The number of carbonyl (C=O) groups excluding carboxylic acids is 2. The van der Waals surface area contributed by atoms with Crippen molar-refractivity contribution in [2.24, 2.45) is 5.10 Å². The monoisotopic (exact) mass is 662 g/mol. The Labute approximate surface area is 282 Å². The van der Waals surface area contributed by atoms with Gasteiger partial charge in [-0.15, -0.1) is 10.2 Å². The maximum absolute atomic E-state index is 13.9. The van der Waals surface area contributed by atoms with E-state index in [1.807, 2.05) is 83.4 Å². The molecule has 1 aliphatic rings. The number of nitrogens with one attached hydrogen (secondary N) is 1. The Morgan fingerprint density at radius 3 is 2.19 bits per heavy atom. The molecule has 0 radical (unpaired) electrons. The number of amides is 2. The standard InChI is InChI=1S/C36H34N6O5S/c1-45-28-16-12-24(13-17-28)31-21-32(25-14-18-29(46-2)19-15-25)42(40-31)34(43)23-48-36-39-38-33(41(36)27-9-5-4-6-10-27)22-37-35(44)26-8-7-11-30(20-26)47-3/h4-20,32H,21-23H2,1-3H3,(H,37,44)/t32-/m0/s1. The van der Waals surface area contributed by atoms with E-state index in [1.54, 1.807) is 50.6 Å². The van der Waals surface area contributed by atoms with E-state index >= 15 is 0 Å². The summed E-state index contributed by atoms with van der Waals surface area (Å²) in [5.41, 5.74) is 3.94. The first-order chi connectivity index (χ1) is 23.5. The number of nitrogens with zero attached hydrogens (tertiary/aromatic N) is 5. The van der Waals surface area contributed by atoms with Gasteiger partial charge < -0.3 is 19.5 Å². The fourth-order valence-corrected chi connectivity index (χ4v) is 6.17. The molecule has 0 unspecified atom stereocenters. The minimum absolute atomic E-state index is 0.0627. The second kappa shape index (κ2) is 14.9. The predicted octanol–water partition coefficient (Wildman–Crippen LogP) is 5.69. The van der Waals surface area contributed by atoms with Crippen LogP contribution in [0.2, 0.25) is 0 Å². The smallest absolute Gasteiger partial charge is 0.253 e. The molecule has 1 aromatic heterocycles. The largest absolute Gasteiger partial charge is 0.497 e. The summed E-state index contributed by atoms with van der Waals surface area (Å²) >= 11 is 1.26. The molecule has 48 heavy (non-hydrogen) atoms. The highest BCUT2D eigenvalue weighted by Gasteiger charge is 2.33. The number of methoxy groups -OCH3 is 3. The molecule has 4 aromatic carbocycles. The van der Waals surface area contributed by atoms with Gasteiger partial charge >= 0.3 is 0 Å². The third kappa shape index (κ3) is 7.18. The van der Waals surface area contributed by atoms with E-state index in [4.69, 9.17) is 19.3 Å². The van der Waals surface area contributed by atoms with Gasteiger partial charge in [0, 0.05) is 17.7 Å².